The maximum Gasteiger partial charge on any atom is 0.337 e. The zero-order chi connectivity index (χ0) is 18.2. The molecule has 0 unspecified atom stereocenters. The van der Waals surface area contributed by atoms with E-state index in [2.05, 4.69) is 20.4 Å². The van der Waals surface area contributed by atoms with Crippen molar-refractivity contribution in [2.45, 2.75) is 13.3 Å². The Bertz CT molecular complexity index is 772. The smallest absolute Gasteiger partial charge is 0.337 e. The molecule has 0 bridgehead atoms. The number of nitrogens with one attached hydrogen (secondary N) is 2. The van der Waals surface area contributed by atoms with Crippen molar-refractivity contribution in [2.75, 3.05) is 19.0 Å². The zero-order valence-corrected chi connectivity index (χ0v) is 14.0. The molecule has 0 saturated heterocycles. The van der Waals surface area contributed by atoms with Crippen LogP contribution in [0.3, 0.4) is 0 Å². The van der Waals surface area contributed by atoms with E-state index in [0.29, 0.717) is 23.4 Å². The van der Waals surface area contributed by atoms with E-state index in [1.807, 2.05) is 6.92 Å². The monoisotopic (exact) mass is 341 g/mol. The molecule has 2 rings (SSSR count). The van der Waals surface area contributed by atoms with E-state index in [1.165, 1.54) is 19.4 Å². The maximum atomic E-state index is 12.3. The van der Waals surface area contributed by atoms with Gasteiger partial charge in [0.2, 0.25) is 0 Å². The van der Waals surface area contributed by atoms with Gasteiger partial charge in [0, 0.05) is 24.0 Å². The van der Waals surface area contributed by atoms with E-state index in [4.69, 9.17) is 0 Å². The van der Waals surface area contributed by atoms with Gasteiger partial charge in [0.05, 0.1) is 12.7 Å². The quantitative estimate of drug-likeness (QED) is 0.786. The molecule has 0 spiro atoms. The van der Waals surface area contributed by atoms with Crippen LogP contribution in [0.1, 0.15) is 44.5 Å². The fourth-order valence-electron chi connectivity index (χ4n) is 2.04. The summed E-state index contributed by atoms with van der Waals surface area (Å²) in [6, 6.07) is 9.24. The third-order valence-electron chi connectivity index (χ3n) is 3.35. The molecule has 7 heteroatoms. The lowest BCUT2D eigenvalue weighted by atomic mass is 10.2. The normalized spacial score (nSPS) is 10.0. The van der Waals surface area contributed by atoms with Crippen LogP contribution >= 0.6 is 0 Å². The third-order valence-corrected chi connectivity index (χ3v) is 3.35. The van der Waals surface area contributed by atoms with Crippen LogP contribution in [0.2, 0.25) is 0 Å². The molecular weight excluding hydrogens is 322 g/mol. The number of esters is 1. The standard InChI is InChI=1S/C18H19N3O4/c1-3-9-20-16(22)13-8-10-19-15(11-13)17(23)21-14-6-4-12(5-7-14)18(24)25-2/h4-8,10-11H,3,9H2,1-2H3,(H,20,22)(H,21,23). The zero-order valence-electron chi connectivity index (χ0n) is 14.0. The Labute approximate surface area is 145 Å². The van der Waals surface area contributed by atoms with Crippen LogP contribution in [0.15, 0.2) is 42.6 Å². The first-order valence-electron chi connectivity index (χ1n) is 7.79. The lowest BCUT2D eigenvalue weighted by Gasteiger charge is -2.07. The van der Waals surface area contributed by atoms with Gasteiger partial charge in [-0.15, -0.1) is 0 Å². The Morgan fingerprint density at radius 2 is 1.76 bits per heavy atom. The number of aromatic nitrogens is 1. The van der Waals surface area contributed by atoms with Crippen molar-refractivity contribution in [1.29, 1.82) is 0 Å². The number of methoxy groups -OCH3 is 1. The summed E-state index contributed by atoms with van der Waals surface area (Å²) >= 11 is 0. The molecule has 1 aromatic heterocycles. The van der Waals surface area contributed by atoms with E-state index < -0.39 is 11.9 Å². The Morgan fingerprint density at radius 3 is 2.40 bits per heavy atom. The summed E-state index contributed by atoms with van der Waals surface area (Å²) in [5, 5.41) is 5.41. The second-order valence-electron chi connectivity index (χ2n) is 5.21. The van der Waals surface area contributed by atoms with Gasteiger partial charge in [-0.2, -0.15) is 0 Å². The lowest BCUT2D eigenvalue weighted by Crippen LogP contribution is -2.24. The van der Waals surface area contributed by atoms with E-state index >= 15 is 0 Å². The van der Waals surface area contributed by atoms with Crippen molar-refractivity contribution in [1.82, 2.24) is 10.3 Å². The maximum absolute atomic E-state index is 12.3. The first-order valence-corrected chi connectivity index (χ1v) is 7.79. The molecule has 0 aliphatic carbocycles. The molecule has 0 aliphatic heterocycles. The molecule has 7 nitrogen and oxygen atoms in total. The van der Waals surface area contributed by atoms with Gasteiger partial charge < -0.3 is 15.4 Å². The third kappa shape index (κ3) is 4.87. The minimum atomic E-state index is -0.453. The number of ether oxygens (including phenoxy) is 1. The van der Waals surface area contributed by atoms with E-state index in [1.54, 1.807) is 30.3 Å². The molecular formula is C18H19N3O4. The van der Waals surface area contributed by atoms with Crippen molar-refractivity contribution >= 4 is 23.5 Å². The second-order valence-corrected chi connectivity index (χ2v) is 5.21. The topological polar surface area (TPSA) is 97.4 Å². The van der Waals surface area contributed by atoms with Crippen LogP contribution in [0, 0.1) is 0 Å². The van der Waals surface area contributed by atoms with Crippen molar-refractivity contribution < 1.29 is 19.1 Å². The highest BCUT2D eigenvalue weighted by Crippen LogP contribution is 2.12. The first-order chi connectivity index (χ1) is 12.0. The number of rotatable bonds is 6. The predicted molar refractivity (Wildman–Crippen MR) is 92.6 cm³/mol. The number of carbonyl (C=O) groups is 3. The molecule has 0 aliphatic rings. The number of anilines is 1. The lowest BCUT2D eigenvalue weighted by molar-refractivity contribution is 0.0600. The van der Waals surface area contributed by atoms with Gasteiger partial charge >= 0.3 is 5.97 Å². The number of carbonyl (C=O) groups excluding carboxylic acids is 3. The van der Waals surface area contributed by atoms with E-state index in [9.17, 15) is 14.4 Å². The summed E-state index contributed by atoms with van der Waals surface area (Å²) in [5.74, 6) is -1.15. The minimum absolute atomic E-state index is 0.126. The van der Waals surface area contributed by atoms with Crippen LogP contribution < -0.4 is 10.6 Å². The Morgan fingerprint density at radius 1 is 1.04 bits per heavy atom. The van der Waals surface area contributed by atoms with Gasteiger partial charge in [-0.05, 0) is 42.8 Å². The Balaban J connectivity index is 2.08. The highest BCUT2D eigenvalue weighted by Gasteiger charge is 2.12. The van der Waals surface area contributed by atoms with Crippen molar-refractivity contribution in [3.63, 3.8) is 0 Å². The molecule has 2 N–H and O–H groups in total. The average Bonchev–Trinajstić information content (AvgIpc) is 2.66. The van der Waals surface area contributed by atoms with Gasteiger partial charge in [0.25, 0.3) is 11.8 Å². The molecule has 130 valence electrons. The van der Waals surface area contributed by atoms with Crippen LogP contribution in [0.25, 0.3) is 0 Å². The fraction of sp³-hybridized carbons (Fsp3) is 0.222. The Hall–Kier alpha value is -3.22. The second kappa shape index (κ2) is 8.58. The molecule has 2 aromatic rings. The minimum Gasteiger partial charge on any atom is -0.465 e. The molecule has 0 saturated carbocycles. The number of hydrogen-bond acceptors (Lipinski definition) is 5. The number of amides is 2. The van der Waals surface area contributed by atoms with Crippen LogP contribution in [-0.4, -0.2) is 36.4 Å². The molecule has 25 heavy (non-hydrogen) atoms. The summed E-state index contributed by atoms with van der Waals surface area (Å²) in [6.45, 7) is 2.52. The molecule has 0 radical (unpaired) electrons. The summed E-state index contributed by atoms with van der Waals surface area (Å²) in [6.07, 6.45) is 2.24. The summed E-state index contributed by atoms with van der Waals surface area (Å²) in [4.78, 5) is 39.6. The Kier molecular flexibility index (Phi) is 6.22. The molecule has 2 amide bonds. The number of nitrogens with zero attached hydrogens (tertiary/aromatic N) is 1. The first kappa shape index (κ1) is 18.1. The number of pyridine rings is 1. The molecule has 0 atom stereocenters. The summed E-state index contributed by atoms with van der Waals surface area (Å²) < 4.78 is 4.62. The van der Waals surface area contributed by atoms with Crippen LogP contribution in [0.5, 0.6) is 0 Å². The van der Waals surface area contributed by atoms with Crippen LogP contribution in [0.4, 0.5) is 5.69 Å². The number of hydrogen-bond donors (Lipinski definition) is 2. The highest BCUT2D eigenvalue weighted by molar-refractivity contribution is 6.05. The van der Waals surface area contributed by atoms with Gasteiger partial charge in [-0.25, -0.2) is 4.79 Å². The largest absolute Gasteiger partial charge is 0.465 e. The molecule has 0 fully saturated rings. The van der Waals surface area contributed by atoms with E-state index in [0.717, 1.165) is 6.42 Å². The number of benzene rings is 1. The van der Waals surface area contributed by atoms with Gasteiger partial charge in [-0.3, -0.25) is 14.6 Å². The average molecular weight is 341 g/mol. The van der Waals surface area contributed by atoms with Gasteiger partial charge in [-0.1, -0.05) is 6.92 Å². The predicted octanol–water partition coefficient (Wildman–Crippen LogP) is 2.26. The summed E-state index contributed by atoms with van der Waals surface area (Å²) in [5.41, 5.74) is 1.38. The SMILES string of the molecule is CCCNC(=O)c1ccnc(C(=O)Nc2ccc(C(=O)OC)cc2)c1. The molecule has 1 heterocycles. The fourth-order valence-corrected chi connectivity index (χ4v) is 2.04. The van der Waals surface area contributed by atoms with Crippen LogP contribution in [-0.2, 0) is 4.74 Å². The van der Waals surface area contributed by atoms with Crippen molar-refractivity contribution in [3.8, 4) is 0 Å². The van der Waals surface area contributed by atoms with Crippen molar-refractivity contribution in [2.24, 2.45) is 0 Å². The molecule has 1 aromatic carbocycles. The summed E-state index contributed by atoms with van der Waals surface area (Å²) in [7, 11) is 1.30. The highest BCUT2D eigenvalue weighted by atomic mass is 16.5. The van der Waals surface area contributed by atoms with E-state index in [-0.39, 0.29) is 11.6 Å². The van der Waals surface area contributed by atoms with Gasteiger partial charge in [0.15, 0.2) is 0 Å². The van der Waals surface area contributed by atoms with Gasteiger partial charge in [0.1, 0.15) is 5.69 Å². The van der Waals surface area contributed by atoms with Crippen molar-refractivity contribution in [3.05, 3.63) is 59.4 Å².